The summed E-state index contributed by atoms with van der Waals surface area (Å²) in [6.45, 7) is 28.8. The van der Waals surface area contributed by atoms with E-state index in [4.69, 9.17) is 0 Å². The Morgan fingerprint density at radius 3 is 1.08 bits per heavy atom. The Labute approximate surface area is 164 Å². The van der Waals surface area contributed by atoms with Gasteiger partial charge in [-0.2, -0.15) is 0 Å². The predicted octanol–water partition coefficient (Wildman–Crippen LogP) is 8.22. The van der Waals surface area contributed by atoms with Crippen LogP contribution in [0.2, 0.25) is 23.5 Å². The molecule has 0 radical (unpaired) electrons. The fourth-order valence-electron chi connectivity index (χ4n) is 5.65. The van der Waals surface area contributed by atoms with Gasteiger partial charge in [-0.05, 0) is 27.2 Å². The van der Waals surface area contributed by atoms with E-state index in [0.29, 0.717) is 11.9 Å². The van der Waals surface area contributed by atoms with Crippen LogP contribution in [0.3, 0.4) is 0 Å². The molecule has 24 heavy (non-hydrogen) atoms. The summed E-state index contributed by atoms with van der Waals surface area (Å²) in [5, 5.41) is 0. The first-order valence-corrected chi connectivity index (χ1v) is 16.3. The van der Waals surface area contributed by atoms with Gasteiger partial charge >= 0.3 is 90.4 Å². The number of allylic oxidation sites excluding steroid dienone is 4. The van der Waals surface area contributed by atoms with Gasteiger partial charge in [0.05, 0.1) is 0 Å². The average molecular weight is 405 g/mol. The third-order valence-corrected chi connectivity index (χ3v) is 18.4. The van der Waals surface area contributed by atoms with Crippen LogP contribution in [0.1, 0.15) is 89.5 Å². The topological polar surface area (TPSA) is 0 Å². The summed E-state index contributed by atoms with van der Waals surface area (Å²) < 4.78 is 3.50. The summed E-state index contributed by atoms with van der Waals surface area (Å²) in [6, 6.07) is 0. The molecule has 0 unspecified atom stereocenters. The zero-order valence-electron chi connectivity index (χ0n) is 19.4. The van der Waals surface area contributed by atoms with E-state index < -0.39 is 30.4 Å². The van der Waals surface area contributed by atoms with Crippen molar-refractivity contribution in [3.63, 3.8) is 0 Å². The number of hydrogen-bond acceptors (Lipinski definition) is 0. The standard InChI is InChI=1S/C8H11.3C4H9.2CH3.Al.Ga/c1-6-4-5-7(2)8(6)3;3*1-4(2)3;;;;/h4H2,1-3H3;3*1-3H3;2*1H3;;. The number of rotatable bonds is 1. The van der Waals surface area contributed by atoms with Crippen molar-refractivity contribution < 1.29 is 0 Å². The third-order valence-electron chi connectivity index (χ3n) is 5.43. The van der Waals surface area contributed by atoms with Gasteiger partial charge in [-0.3, -0.25) is 0 Å². The SMILES string of the molecule is CC1=C(C)C(C)=[C]([Al]([CH3])[CH3])C1.C[C](C)(C)[Ga]([C](C)(C)C)[C](C)(C)C. The molecule has 2 heteroatoms. The van der Waals surface area contributed by atoms with Crippen LogP contribution in [-0.4, -0.2) is 30.4 Å². The second-order valence-electron chi connectivity index (χ2n) is 11.4. The van der Waals surface area contributed by atoms with Gasteiger partial charge in [0, 0.05) is 0 Å². The normalized spacial score (nSPS) is 16.2. The average Bonchev–Trinajstić information content (AvgIpc) is 2.51. The molecule has 0 amide bonds. The second-order valence-corrected chi connectivity index (χ2v) is 27.1. The zero-order valence-corrected chi connectivity index (χ0v) is 22.9. The third kappa shape index (κ3) is 7.11. The van der Waals surface area contributed by atoms with Crippen LogP contribution in [0, 0.1) is 0 Å². The molecule has 1 aliphatic carbocycles. The molecule has 0 saturated heterocycles. The Morgan fingerprint density at radius 1 is 0.667 bits per heavy atom. The Balaban J connectivity index is 0.000000446. The van der Waals surface area contributed by atoms with Crippen LogP contribution < -0.4 is 0 Å². The van der Waals surface area contributed by atoms with Crippen LogP contribution in [0.4, 0.5) is 0 Å². The summed E-state index contributed by atoms with van der Waals surface area (Å²) >= 11 is -1.85. The molecule has 0 spiro atoms. The first-order chi connectivity index (χ1) is 10.4. The summed E-state index contributed by atoms with van der Waals surface area (Å²) in [4.78, 5) is 0. The van der Waals surface area contributed by atoms with Gasteiger partial charge in [0.15, 0.2) is 0 Å². The molecule has 0 aromatic heterocycles. The maximum absolute atomic E-state index is 2.44. The first-order valence-electron chi connectivity index (χ1n) is 9.77. The molecule has 0 saturated carbocycles. The molecule has 0 nitrogen and oxygen atoms in total. The quantitative estimate of drug-likeness (QED) is 0.386. The molecular formula is C22H44AlGa. The maximum atomic E-state index is 2.44. The van der Waals surface area contributed by atoms with Crippen molar-refractivity contribution in [1.29, 1.82) is 0 Å². The molecule has 0 N–H and O–H groups in total. The van der Waals surface area contributed by atoms with Crippen LogP contribution >= 0.6 is 0 Å². The van der Waals surface area contributed by atoms with Crippen LogP contribution in [0.15, 0.2) is 21.2 Å². The van der Waals surface area contributed by atoms with Gasteiger partial charge < -0.3 is 0 Å². The molecule has 1 aliphatic rings. The van der Waals surface area contributed by atoms with Crippen molar-refractivity contribution in [2.45, 2.75) is 113 Å². The molecule has 0 heterocycles. The van der Waals surface area contributed by atoms with Crippen molar-refractivity contribution in [1.82, 2.24) is 0 Å². The van der Waals surface area contributed by atoms with E-state index >= 15 is 0 Å². The van der Waals surface area contributed by atoms with Gasteiger partial charge in [-0.1, -0.05) is 16.7 Å². The monoisotopic (exact) mass is 404 g/mol. The van der Waals surface area contributed by atoms with E-state index in [1.54, 1.807) is 21.2 Å². The molecule has 0 aromatic rings. The van der Waals surface area contributed by atoms with Crippen LogP contribution in [0.5, 0.6) is 0 Å². The van der Waals surface area contributed by atoms with Gasteiger partial charge in [-0.25, -0.2) is 0 Å². The molecule has 138 valence electrons. The molecule has 0 bridgehead atoms. The first kappa shape index (κ1) is 24.6. The fraction of sp³-hybridized carbons (Fsp3) is 0.818. The Bertz CT molecular complexity index is 454. The molecule has 0 fully saturated rings. The van der Waals surface area contributed by atoms with Crippen molar-refractivity contribution in [3.8, 4) is 0 Å². The molecule has 1 rings (SSSR count). The zero-order chi connectivity index (χ0) is 19.7. The molecule has 0 aliphatic heterocycles. The molecule has 0 atom stereocenters. The van der Waals surface area contributed by atoms with Gasteiger partial charge in [-0.15, -0.1) is 16.0 Å². The second kappa shape index (κ2) is 8.56. The fourth-order valence-corrected chi connectivity index (χ4v) is 23.8. The minimum absolute atomic E-state index is 0.520. The summed E-state index contributed by atoms with van der Waals surface area (Å²) in [7, 11) is 0. The van der Waals surface area contributed by atoms with Crippen molar-refractivity contribution in [2.24, 2.45) is 0 Å². The van der Waals surface area contributed by atoms with Crippen LogP contribution in [-0.2, 0) is 0 Å². The Kier molecular flexibility index (Phi) is 8.79. The molecular weight excluding hydrogens is 361 g/mol. The van der Waals surface area contributed by atoms with E-state index in [1.165, 1.54) is 6.42 Å². The van der Waals surface area contributed by atoms with Gasteiger partial charge in [0.1, 0.15) is 0 Å². The van der Waals surface area contributed by atoms with Crippen molar-refractivity contribution in [3.05, 3.63) is 21.2 Å². The van der Waals surface area contributed by atoms with E-state index in [2.05, 4.69) is 94.7 Å². The van der Waals surface area contributed by atoms with E-state index in [1.807, 2.05) is 0 Å². The van der Waals surface area contributed by atoms with Crippen molar-refractivity contribution in [2.75, 3.05) is 0 Å². The van der Waals surface area contributed by atoms with E-state index in [-0.39, 0.29) is 0 Å². The van der Waals surface area contributed by atoms with Crippen molar-refractivity contribution >= 4 is 30.4 Å². The summed E-state index contributed by atoms with van der Waals surface area (Å²) in [6.07, 6.45) is 1.28. The van der Waals surface area contributed by atoms with Gasteiger partial charge in [0.25, 0.3) is 14.1 Å². The van der Waals surface area contributed by atoms with Gasteiger partial charge in [0.2, 0.25) is 0 Å². The Hall–Kier alpha value is 0.649. The number of hydrogen-bond donors (Lipinski definition) is 0. The van der Waals surface area contributed by atoms with E-state index in [0.717, 1.165) is 0 Å². The minimum atomic E-state index is -1.33. The van der Waals surface area contributed by atoms with E-state index in [9.17, 15) is 0 Å². The molecule has 0 aromatic carbocycles. The summed E-state index contributed by atoms with van der Waals surface area (Å²) in [5.41, 5.74) is 4.75. The Morgan fingerprint density at radius 2 is 1.00 bits per heavy atom. The summed E-state index contributed by atoms with van der Waals surface area (Å²) in [5.74, 6) is 4.84. The van der Waals surface area contributed by atoms with Crippen LogP contribution in [0.25, 0.3) is 0 Å². The predicted molar refractivity (Wildman–Crippen MR) is 118 cm³/mol.